The van der Waals surface area contributed by atoms with Crippen LogP contribution in [0.5, 0.6) is 5.75 Å². The van der Waals surface area contributed by atoms with Crippen LogP contribution in [-0.4, -0.2) is 54.9 Å². The Balaban J connectivity index is 1.80. The third-order valence-corrected chi connectivity index (χ3v) is 4.01. The van der Waals surface area contributed by atoms with Gasteiger partial charge in [-0.3, -0.25) is 0 Å². The van der Waals surface area contributed by atoms with Crippen LogP contribution in [0, 0.1) is 5.92 Å². The minimum absolute atomic E-state index is 0.219. The van der Waals surface area contributed by atoms with Crippen molar-refractivity contribution in [2.45, 2.75) is 39.2 Å². The highest BCUT2D eigenvalue weighted by Gasteiger charge is 2.25. The molecule has 1 aliphatic rings. The minimum atomic E-state index is -0.540. The summed E-state index contributed by atoms with van der Waals surface area (Å²) in [7, 11) is 0. The summed E-state index contributed by atoms with van der Waals surface area (Å²) in [6.45, 7) is 7.20. The zero-order valence-electron chi connectivity index (χ0n) is 14.7. The molecule has 0 aliphatic heterocycles. The standard InChI is InChI=1S/C19H29NO4/c1-3-10-20(12-15-8-9-15)13-17(21)14-24-18-7-5-6-16(11-18)19(22)23-4-2/h5-7,11,15,17,21H,3-4,8-10,12-14H2,1-2H3/t17-/m1/s1. The average Bonchev–Trinajstić information content (AvgIpc) is 3.38. The first kappa shape index (κ1) is 18.7. The molecule has 1 aliphatic carbocycles. The van der Waals surface area contributed by atoms with Crippen LogP contribution in [0.1, 0.15) is 43.5 Å². The van der Waals surface area contributed by atoms with Crippen molar-refractivity contribution in [3.63, 3.8) is 0 Å². The van der Waals surface area contributed by atoms with E-state index in [2.05, 4.69) is 11.8 Å². The maximum Gasteiger partial charge on any atom is 0.338 e. The normalized spacial score (nSPS) is 15.3. The van der Waals surface area contributed by atoms with Crippen LogP contribution in [-0.2, 0) is 4.74 Å². The second-order valence-corrected chi connectivity index (χ2v) is 6.42. The predicted molar refractivity (Wildman–Crippen MR) is 93.4 cm³/mol. The van der Waals surface area contributed by atoms with E-state index in [9.17, 15) is 9.90 Å². The number of carbonyl (C=O) groups excluding carboxylic acids is 1. The average molecular weight is 335 g/mol. The van der Waals surface area contributed by atoms with Crippen molar-refractivity contribution in [2.75, 3.05) is 32.8 Å². The number of hydrogen-bond acceptors (Lipinski definition) is 5. The minimum Gasteiger partial charge on any atom is -0.491 e. The fourth-order valence-corrected chi connectivity index (χ4v) is 2.71. The number of ether oxygens (including phenoxy) is 2. The summed E-state index contributed by atoms with van der Waals surface area (Å²) in [5, 5.41) is 10.2. The largest absolute Gasteiger partial charge is 0.491 e. The molecule has 1 aromatic rings. The van der Waals surface area contributed by atoms with Crippen molar-refractivity contribution in [3.8, 4) is 5.75 Å². The maximum absolute atomic E-state index is 11.7. The van der Waals surface area contributed by atoms with Gasteiger partial charge in [0.25, 0.3) is 0 Å². The Labute approximate surface area is 144 Å². The Morgan fingerprint density at radius 2 is 2.17 bits per heavy atom. The molecule has 1 aromatic carbocycles. The number of nitrogens with zero attached hydrogens (tertiary/aromatic N) is 1. The number of rotatable bonds is 11. The van der Waals surface area contributed by atoms with Gasteiger partial charge in [-0.15, -0.1) is 0 Å². The SMILES string of the molecule is CCCN(CC1CC1)C[C@@H](O)COc1cccc(C(=O)OCC)c1. The molecular formula is C19H29NO4. The van der Waals surface area contributed by atoms with Crippen LogP contribution in [0.2, 0.25) is 0 Å². The van der Waals surface area contributed by atoms with Gasteiger partial charge >= 0.3 is 5.97 Å². The quantitative estimate of drug-likeness (QED) is 0.630. The molecule has 0 radical (unpaired) electrons. The van der Waals surface area contributed by atoms with Crippen LogP contribution in [0.4, 0.5) is 0 Å². The molecule has 24 heavy (non-hydrogen) atoms. The summed E-state index contributed by atoms with van der Waals surface area (Å²) in [6, 6.07) is 6.88. The van der Waals surface area contributed by atoms with Crippen LogP contribution < -0.4 is 4.74 Å². The van der Waals surface area contributed by atoms with Gasteiger partial charge in [0.15, 0.2) is 0 Å². The van der Waals surface area contributed by atoms with Crippen molar-refractivity contribution in [3.05, 3.63) is 29.8 Å². The number of hydrogen-bond donors (Lipinski definition) is 1. The molecule has 5 nitrogen and oxygen atoms in total. The van der Waals surface area contributed by atoms with E-state index in [0.717, 1.165) is 25.4 Å². The molecule has 0 aromatic heterocycles. The molecule has 0 spiro atoms. The third-order valence-electron chi connectivity index (χ3n) is 4.01. The summed E-state index contributed by atoms with van der Waals surface area (Å²) in [6.07, 6.45) is 3.17. The molecule has 0 unspecified atom stereocenters. The molecule has 134 valence electrons. The van der Waals surface area contributed by atoms with Crippen LogP contribution in [0.25, 0.3) is 0 Å². The lowest BCUT2D eigenvalue weighted by Gasteiger charge is -2.24. The van der Waals surface area contributed by atoms with Crippen LogP contribution >= 0.6 is 0 Å². The summed E-state index contributed by atoms with van der Waals surface area (Å²) in [5.74, 6) is 1.02. The van der Waals surface area contributed by atoms with E-state index in [-0.39, 0.29) is 12.6 Å². The first-order valence-corrected chi connectivity index (χ1v) is 8.92. The molecule has 1 saturated carbocycles. The van der Waals surface area contributed by atoms with Crippen LogP contribution in [0.3, 0.4) is 0 Å². The summed E-state index contributed by atoms with van der Waals surface area (Å²) in [5.41, 5.74) is 0.463. The van der Waals surface area contributed by atoms with Gasteiger partial charge in [0.05, 0.1) is 12.2 Å². The van der Waals surface area contributed by atoms with Crippen molar-refractivity contribution in [1.82, 2.24) is 4.90 Å². The van der Waals surface area contributed by atoms with Gasteiger partial charge in [-0.25, -0.2) is 4.79 Å². The zero-order chi connectivity index (χ0) is 17.4. The Bertz CT molecular complexity index is 516. The Morgan fingerprint density at radius 3 is 2.83 bits per heavy atom. The lowest BCUT2D eigenvalue weighted by atomic mass is 10.2. The highest BCUT2D eigenvalue weighted by Crippen LogP contribution is 2.29. The summed E-state index contributed by atoms with van der Waals surface area (Å²) in [4.78, 5) is 14.0. The van der Waals surface area contributed by atoms with Gasteiger partial charge in [0, 0.05) is 13.1 Å². The second kappa shape index (κ2) is 9.64. The molecule has 1 atom stereocenters. The van der Waals surface area contributed by atoms with E-state index < -0.39 is 6.10 Å². The molecule has 0 saturated heterocycles. The molecule has 1 N–H and O–H groups in total. The Kier molecular flexibility index (Phi) is 7.53. The van der Waals surface area contributed by atoms with E-state index in [1.165, 1.54) is 12.8 Å². The third kappa shape index (κ3) is 6.49. The molecule has 0 heterocycles. The molecule has 0 bridgehead atoms. The van der Waals surface area contributed by atoms with Gasteiger partial charge in [0.2, 0.25) is 0 Å². The summed E-state index contributed by atoms with van der Waals surface area (Å²) >= 11 is 0. The van der Waals surface area contributed by atoms with Gasteiger partial charge in [0.1, 0.15) is 18.5 Å². The lowest BCUT2D eigenvalue weighted by Crippen LogP contribution is -2.37. The molecule has 2 rings (SSSR count). The van der Waals surface area contributed by atoms with E-state index >= 15 is 0 Å². The van der Waals surface area contributed by atoms with E-state index in [4.69, 9.17) is 9.47 Å². The lowest BCUT2D eigenvalue weighted by molar-refractivity contribution is 0.0525. The van der Waals surface area contributed by atoms with Gasteiger partial charge in [-0.1, -0.05) is 13.0 Å². The highest BCUT2D eigenvalue weighted by atomic mass is 16.5. The summed E-state index contributed by atoms with van der Waals surface area (Å²) < 4.78 is 10.6. The van der Waals surface area contributed by atoms with Crippen LogP contribution in [0.15, 0.2) is 24.3 Å². The number of aliphatic hydroxyl groups excluding tert-OH is 1. The van der Waals surface area contributed by atoms with E-state index in [0.29, 0.717) is 24.5 Å². The molecule has 0 amide bonds. The van der Waals surface area contributed by atoms with Gasteiger partial charge in [-0.2, -0.15) is 0 Å². The van der Waals surface area contributed by atoms with Crippen molar-refractivity contribution < 1.29 is 19.4 Å². The molecular weight excluding hydrogens is 306 g/mol. The smallest absolute Gasteiger partial charge is 0.338 e. The number of esters is 1. The van der Waals surface area contributed by atoms with Crippen molar-refractivity contribution in [1.29, 1.82) is 0 Å². The first-order valence-electron chi connectivity index (χ1n) is 8.92. The fraction of sp³-hybridized carbons (Fsp3) is 0.632. The van der Waals surface area contributed by atoms with Crippen molar-refractivity contribution >= 4 is 5.97 Å². The highest BCUT2D eigenvalue weighted by molar-refractivity contribution is 5.89. The number of carbonyl (C=O) groups is 1. The zero-order valence-corrected chi connectivity index (χ0v) is 14.7. The molecule has 1 fully saturated rings. The predicted octanol–water partition coefficient (Wildman–Crippen LogP) is 2.73. The second-order valence-electron chi connectivity index (χ2n) is 6.42. The van der Waals surface area contributed by atoms with E-state index in [1.54, 1.807) is 31.2 Å². The fourth-order valence-electron chi connectivity index (χ4n) is 2.71. The van der Waals surface area contributed by atoms with E-state index in [1.807, 2.05) is 0 Å². The Hall–Kier alpha value is -1.59. The van der Waals surface area contributed by atoms with Crippen molar-refractivity contribution in [2.24, 2.45) is 5.92 Å². The number of benzene rings is 1. The topological polar surface area (TPSA) is 59.0 Å². The first-order chi connectivity index (χ1) is 11.6. The number of aliphatic hydroxyl groups is 1. The molecule has 5 heteroatoms. The monoisotopic (exact) mass is 335 g/mol. The Morgan fingerprint density at radius 1 is 1.38 bits per heavy atom. The maximum atomic E-state index is 11.7. The van der Waals surface area contributed by atoms with Gasteiger partial charge < -0.3 is 19.5 Å². The van der Waals surface area contributed by atoms with Gasteiger partial charge in [-0.05, 0) is 56.8 Å².